The van der Waals surface area contributed by atoms with Crippen LogP contribution in [0.15, 0.2) is 66.0 Å². The lowest BCUT2D eigenvalue weighted by atomic mass is 10.1. The van der Waals surface area contributed by atoms with E-state index in [9.17, 15) is 9.59 Å². The van der Waals surface area contributed by atoms with E-state index in [0.29, 0.717) is 21.7 Å². The van der Waals surface area contributed by atoms with Crippen LogP contribution in [0.2, 0.25) is 5.02 Å². The van der Waals surface area contributed by atoms with Crippen LogP contribution in [0.25, 0.3) is 10.9 Å². The molecule has 2 aromatic carbocycles. The Hall–Kier alpha value is -3.45. The van der Waals surface area contributed by atoms with Crippen LogP contribution in [0.3, 0.4) is 0 Å². The molecule has 8 heteroatoms. The van der Waals surface area contributed by atoms with Gasteiger partial charge in [-0.2, -0.15) is 0 Å². The maximum atomic E-state index is 12.9. The molecule has 30 heavy (non-hydrogen) atoms. The van der Waals surface area contributed by atoms with E-state index in [1.165, 1.54) is 10.9 Å². The molecule has 1 atom stereocenters. The second kappa shape index (κ2) is 8.12. The summed E-state index contributed by atoms with van der Waals surface area (Å²) in [5.74, 6) is 0.346. The van der Waals surface area contributed by atoms with Gasteiger partial charge in [-0.25, -0.2) is 9.97 Å². The number of nitrogens with one attached hydrogen (secondary N) is 1. The van der Waals surface area contributed by atoms with Crippen molar-refractivity contribution in [2.75, 3.05) is 0 Å². The van der Waals surface area contributed by atoms with Gasteiger partial charge in [0, 0.05) is 24.5 Å². The van der Waals surface area contributed by atoms with Gasteiger partial charge in [-0.15, -0.1) is 0 Å². The topological polar surface area (TPSA) is 81.8 Å². The number of hydrogen-bond acceptors (Lipinski definition) is 4. The molecular weight excluding hydrogens is 402 g/mol. The number of carbonyl (C=O) groups excluding carboxylic acids is 1. The molecular formula is C22H20ClN5O2. The third-order valence-corrected chi connectivity index (χ3v) is 5.25. The predicted molar refractivity (Wildman–Crippen MR) is 115 cm³/mol. The van der Waals surface area contributed by atoms with Gasteiger partial charge in [-0.1, -0.05) is 35.9 Å². The average Bonchev–Trinajstić information content (AvgIpc) is 3.15. The summed E-state index contributed by atoms with van der Waals surface area (Å²) in [7, 11) is 1.86. The van der Waals surface area contributed by atoms with Crippen molar-refractivity contribution in [2.24, 2.45) is 7.05 Å². The zero-order valence-corrected chi connectivity index (χ0v) is 17.3. The number of hydrogen-bond donors (Lipinski definition) is 1. The molecule has 7 nitrogen and oxygen atoms in total. The number of fused-ring (bicyclic) bond motifs is 1. The fourth-order valence-corrected chi connectivity index (χ4v) is 3.54. The van der Waals surface area contributed by atoms with Crippen LogP contribution >= 0.6 is 11.6 Å². The molecule has 0 aliphatic rings. The van der Waals surface area contributed by atoms with Crippen molar-refractivity contribution < 1.29 is 4.79 Å². The molecule has 0 aliphatic carbocycles. The van der Waals surface area contributed by atoms with E-state index in [-0.39, 0.29) is 18.0 Å². The average molecular weight is 422 g/mol. The first-order valence-corrected chi connectivity index (χ1v) is 9.78. The number of nitrogens with zero attached hydrogens (tertiary/aromatic N) is 4. The zero-order chi connectivity index (χ0) is 21.3. The molecule has 0 saturated carbocycles. The van der Waals surface area contributed by atoms with Gasteiger partial charge in [0.25, 0.3) is 5.56 Å². The van der Waals surface area contributed by atoms with Crippen LogP contribution in [0.1, 0.15) is 23.0 Å². The summed E-state index contributed by atoms with van der Waals surface area (Å²) < 4.78 is 3.15. The Kier molecular flexibility index (Phi) is 5.37. The van der Waals surface area contributed by atoms with E-state index in [1.807, 2.05) is 49.0 Å². The van der Waals surface area contributed by atoms with Crippen LogP contribution in [-0.2, 0) is 18.4 Å². The number of carbonyl (C=O) groups is 1. The molecule has 2 aromatic heterocycles. The van der Waals surface area contributed by atoms with E-state index < -0.39 is 6.04 Å². The Morgan fingerprint density at radius 2 is 1.93 bits per heavy atom. The Morgan fingerprint density at radius 1 is 1.17 bits per heavy atom. The van der Waals surface area contributed by atoms with Gasteiger partial charge in [-0.05, 0) is 36.2 Å². The van der Waals surface area contributed by atoms with Crippen molar-refractivity contribution in [3.8, 4) is 0 Å². The molecule has 4 aromatic rings. The monoisotopic (exact) mass is 421 g/mol. The van der Waals surface area contributed by atoms with Crippen LogP contribution in [-0.4, -0.2) is 25.0 Å². The minimum atomic E-state index is -0.485. The highest BCUT2D eigenvalue weighted by Gasteiger charge is 2.21. The lowest BCUT2D eigenvalue weighted by Crippen LogP contribution is -2.36. The van der Waals surface area contributed by atoms with Crippen LogP contribution in [0.5, 0.6) is 0 Å². The third kappa shape index (κ3) is 3.84. The van der Waals surface area contributed by atoms with Crippen LogP contribution < -0.4 is 10.9 Å². The highest BCUT2D eigenvalue weighted by atomic mass is 35.5. The summed E-state index contributed by atoms with van der Waals surface area (Å²) in [4.78, 5) is 34.4. The summed E-state index contributed by atoms with van der Waals surface area (Å²) in [5.41, 5.74) is 2.14. The normalized spacial score (nSPS) is 12.1. The molecule has 4 rings (SSSR count). The number of amides is 1. The number of benzene rings is 2. The van der Waals surface area contributed by atoms with Gasteiger partial charge in [0.15, 0.2) is 0 Å². The Labute approximate surface area is 178 Å². The molecule has 2 heterocycles. The molecule has 1 N–H and O–H groups in total. The van der Waals surface area contributed by atoms with Crippen molar-refractivity contribution in [3.05, 3.63) is 93.5 Å². The third-order valence-electron chi connectivity index (χ3n) is 4.99. The first kappa shape index (κ1) is 19.8. The standard InChI is InChI=1S/C22H20ClN5O2/c1-14-4-3-5-17-19(14)25-13-28(22(17)30)12-18(29)26-20(21-24-10-11-27(21)2)15-6-8-16(23)9-7-15/h3-11,13,20H,12H2,1-2H3,(H,26,29)/t20-/m1/s1. The van der Waals surface area contributed by atoms with Crippen LogP contribution in [0.4, 0.5) is 0 Å². The van der Waals surface area contributed by atoms with E-state index in [1.54, 1.807) is 24.4 Å². The van der Waals surface area contributed by atoms with Crippen molar-refractivity contribution in [3.63, 3.8) is 0 Å². The molecule has 0 aliphatic heterocycles. The van der Waals surface area contributed by atoms with E-state index in [4.69, 9.17) is 11.6 Å². The Balaban J connectivity index is 1.63. The number of aryl methyl sites for hydroxylation is 2. The number of imidazole rings is 1. The molecule has 0 bridgehead atoms. The molecule has 0 spiro atoms. The fraction of sp³-hybridized carbons (Fsp3) is 0.182. The SMILES string of the molecule is Cc1cccc2c(=O)n(CC(=O)N[C@H](c3ccc(Cl)cc3)c3nccn3C)cnc12. The van der Waals surface area contributed by atoms with E-state index >= 15 is 0 Å². The van der Waals surface area contributed by atoms with Gasteiger partial charge in [-0.3, -0.25) is 14.2 Å². The molecule has 1 amide bonds. The number of aromatic nitrogens is 4. The number of halogens is 1. The van der Waals surface area contributed by atoms with Crippen molar-refractivity contribution in [1.29, 1.82) is 0 Å². The summed E-state index contributed by atoms with van der Waals surface area (Å²) in [6, 6.07) is 12.1. The molecule has 0 fully saturated rings. The van der Waals surface area contributed by atoms with E-state index in [0.717, 1.165) is 11.1 Å². The molecule has 0 unspecified atom stereocenters. The summed E-state index contributed by atoms with van der Waals surface area (Å²) in [6.07, 6.45) is 4.89. The van der Waals surface area contributed by atoms with Crippen molar-refractivity contribution in [2.45, 2.75) is 19.5 Å². The predicted octanol–water partition coefficient (Wildman–Crippen LogP) is 3.00. The smallest absolute Gasteiger partial charge is 0.261 e. The van der Waals surface area contributed by atoms with E-state index in [2.05, 4.69) is 15.3 Å². The first-order chi connectivity index (χ1) is 14.4. The molecule has 152 valence electrons. The number of para-hydroxylation sites is 1. The highest BCUT2D eigenvalue weighted by Crippen LogP contribution is 2.22. The zero-order valence-electron chi connectivity index (χ0n) is 16.5. The maximum absolute atomic E-state index is 12.9. The highest BCUT2D eigenvalue weighted by molar-refractivity contribution is 6.30. The van der Waals surface area contributed by atoms with Gasteiger partial charge >= 0.3 is 0 Å². The molecule has 0 radical (unpaired) electrons. The van der Waals surface area contributed by atoms with Gasteiger partial charge in [0.05, 0.1) is 17.2 Å². The minimum Gasteiger partial charge on any atom is -0.341 e. The van der Waals surface area contributed by atoms with Gasteiger partial charge < -0.3 is 9.88 Å². The van der Waals surface area contributed by atoms with Crippen molar-refractivity contribution in [1.82, 2.24) is 24.4 Å². The Bertz CT molecular complexity index is 1280. The fourth-order valence-electron chi connectivity index (χ4n) is 3.42. The van der Waals surface area contributed by atoms with Crippen molar-refractivity contribution >= 4 is 28.4 Å². The maximum Gasteiger partial charge on any atom is 0.261 e. The largest absolute Gasteiger partial charge is 0.341 e. The second-order valence-corrected chi connectivity index (χ2v) is 7.53. The van der Waals surface area contributed by atoms with Crippen LogP contribution in [0, 0.1) is 6.92 Å². The minimum absolute atomic E-state index is 0.149. The lowest BCUT2D eigenvalue weighted by molar-refractivity contribution is -0.122. The second-order valence-electron chi connectivity index (χ2n) is 7.10. The lowest BCUT2D eigenvalue weighted by Gasteiger charge is -2.19. The summed E-state index contributed by atoms with van der Waals surface area (Å²) in [5, 5.41) is 4.07. The molecule has 0 saturated heterocycles. The quantitative estimate of drug-likeness (QED) is 0.537. The summed E-state index contributed by atoms with van der Waals surface area (Å²) >= 11 is 6.01. The number of rotatable bonds is 5. The summed E-state index contributed by atoms with van der Waals surface area (Å²) in [6.45, 7) is 1.75. The van der Waals surface area contributed by atoms with Gasteiger partial charge in [0.1, 0.15) is 18.4 Å². The van der Waals surface area contributed by atoms with Gasteiger partial charge in [0.2, 0.25) is 5.91 Å². The first-order valence-electron chi connectivity index (χ1n) is 9.41. The Morgan fingerprint density at radius 3 is 2.63 bits per heavy atom.